The summed E-state index contributed by atoms with van der Waals surface area (Å²) in [5.74, 6) is 2.08. The Morgan fingerprint density at radius 2 is 2.15 bits per heavy atom. The maximum atomic E-state index is 12.7. The van der Waals surface area contributed by atoms with Crippen LogP contribution in [-0.2, 0) is 10.5 Å². The third-order valence-corrected chi connectivity index (χ3v) is 6.17. The number of amides is 1. The molecule has 0 saturated carbocycles. The van der Waals surface area contributed by atoms with Gasteiger partial charge in [0, 0.05) is 35.8 Å². The fraction of sp³-hybridized carbons (Fsp3) is 0.474. The molecule has 0 aliphatic carbocycles. The van der Waals surface area contributed by atoms with E-state index < -0.39 is 0 Å². The molecule has 2 heterocycles. The molecule has 0 spiro atoms. The molecule has 1 saturated heterocycles. The van der Waals surface area contributed by atoms with Crippen molar-refractivity contribution in [2.45, 2.75) is 43.9 Å². The summed E-state index contributed by atoms with van der Waals surface area (Å²) in [6.45, 7) is 7.77. The first-order valence-corrected chi connectivity index (χ1v) is 10.2. The van der Waals surface area contributed by atoms with Crippen LogP contribution in [0.3, 0.4) is 0 Å². The zero-order chi connectivity index (χ0) is 18.7. The summed E-state index contributed by atoms with van der Waals surface area (Å²) < 4.78 is 5.81. The van der Waals surface area contributed by atoms with Gasteiger partial charge in [0.1, 0.15) is 0 Å². The predicted octanol–water partition coefficient (Wildman–Crippen LogP) is 3.83. The molecule has 3 unspecified atom stereocenters. The molecular weight excluding hydrogens is 370 g/mol. The smallest absolute Gasteiger partial charge is 0.235 e. The van der Waals surface area contributed by atoms with Crippen LogP contribution in [0.4, 0.5) is 0 Å². The molecule has 1 aromatic heterocycles. The Morgan fingerprint density at radius 3 is 2.88 bits per heavy atom. The highest BCUT2D eigenvalue weighted by Crippen LogP contribution is 2.26. The van der Waals surface area contributed by atoms with Crippen LogP contribution in [0.25, 0.3) is 11.3 Å². The van der Waals surface area contributed by atoms with Crippen LogP contribution < -0.4 is 5.32 Å². The van der Waals surface area contributed by atoms with Crippen LogP contribution >= 0.6 is 23.4 Å². The molecule has 1 aliphatic heterocycles. The largest absolute Gasteiger partial charge is 0.440 e. The van der Waals surface area contributed by atoms with Crippen molar-refractivity contribution in [3.8, 4) is 11.3 Å². The van der Waals surface area contributed by atoms with Gasteiger partial charge >= 0.3 is 0 Å². The van der Waals surface area contributed by atoms with Crippen molar-refractivity contribution in [2.24, 2.45) is 0 Å². The lowest BCUT2D eigenvalue weighted by Gasteiger charge is -2.39. The molecule has 3 atom stereocenters. The summed E-state index contributed by atoms with van der Waals surface area (Å²) in [6, 6.07) is 7.97. The van der Waals surface area contributed by atoms with E-state index in [0.717, 1.165) is 18.7 Å². The quantitative estimate of drug-likeness (QED) is 0.836. The second kappa shape index (κ2) is 8.46. The van der Waals surface area contributed by atoms with Crippen LogP contribution in [0.15, 0.2) is 34.9 Å². The van der Waals surface area contributed by atoms with Crippen molar-refractivity contribution in [1.29, 1.82) is 0 Å². The van der Waals surface area contributed by atoms with Crippen molar-refractivity contribution in [1.82, 2.24) is 15.2 Å². The van der Waals surface area contributed by atoms with E-state index in [4.69, 9.17) is 16.0 Å². The lowest BCUT2D eigenvalue weighted by molar-refractivity contribution is -0.133. The predicted molar refractivity (Wildman–Crippen MR) is 106 cm³/mol. The highest BCUT2D eigenvalue weighted by molar-refractivity contribution is 7.99. The van der Waals surface area contributed by atoms with Crippen molar-refractivity contribution < 1.29 is 9.21 Å². The maximum Gasteiger partial charge on any atom is 0.235 e. The minimum atomic E-state index is -0.131. The number of carbonyl (C=O) groups is 1. The Hall–Kier alpha value is -1.50. The van der Waals surface area contributed by atoms with Crippen molar-refractivity contribution in [2.75, 3.05) is 13.1 Å². The van der Waals surface area contributed by atoms with Gasteiger partial charge in [0.25, 0.3) is 0 Å². The fourth-order valence-electron chi connectivity index (χ4n) is 2.99. The van der Waals surface area contributed by atoms with Gasteiger partial charge in [0.05, 0.1) is 17.2 Å². The van der Waals surface area contributed by atoms with Crippen molar-refractivity contribution >= 4 is 29.3 Å². The lowest BCUT2D eigenvalue weighted by atomic mass is 10.1. The Morgan fingerprint density at radius 1 is 1.42 bits per heavy atom. The highest BCUT2D eigenvalue weighted by Gasteiger charge is 2.30. The average molecular weight is 394 g/mol. The Bertz CT molecular complexity index is 749. The first-order chi connectivity index (χ1) is 12.5. The Balaban J connectivity index is 1.57. The SMILES string of the molecule is CC(SCc1ncc(-c2ccc(Cl)cc2)o1)C(=O)N1CCNC(C)C1C. The summed E-state index contributed by atoms with van der Waals surface area (Å²) >= 11 is 7.47. The molecule has 1 fully saturated rings. The molecule has 3 rings (SSSR count). The zero-order valence-electron chi connectivity index (χ0n) is 15.2. The number of nitrogens with zero attached hydrogens (tertiary/aromatic N) is 2. The second-order valence-corrected chi connectivity index (χ2v) is 8.36. The number of piperazine rings is 1. The monoisotopic (exact) mass is 393 g/mol. The van der Waals surface area contributed by atoms with Crippen molar-refractivity contribution in [3.63, 3.8) is 0 Å². The molecule has 7 heteroatoms. The van der Waals surface area contributed by atoms with Crippen LogP contribution in [0.1, 0.15) is 26.7 Å². The second-order valence-electron chi connectivity index (χ2n) is 6.59. The third-order valence-electron chi connectivity index (χ3n) is 4.80. The molecule has 5 nitrogen and oxygen atoms in total. The number of hydrogen-bond donors (Lipinski definition) is 1. The van der Waals surface area contributed by atoms with Crippen LogP contribution in [-0.4, -0.2) is 46.2 Å². The normalized spacial score (nSPS) is 21.6. The van der Waals surface area contributed by atoms with Gasteiger partial charge in [-0.1, -0.05) is 11.6 Å². The van der Waals surface area contributed by atoms with E-state index >= 15 is 0 Å². The van der Waals surface area contributed by atoms with E-state index in [1.165, 1.54) is 0 Å². The van der Waals surface area contributed by atoms with Crippen LogP contribution in [0.2, 0.25) is 5.02 Å². The number of hydrogen-bond acceptors (Lipinski definition) is 5. The van der Waals surface area contributed by atoms with E-state index in [-0.39, 0.29) is 17.2 Å². The van der Waals surface area contributed by atoms with E-state index in [9.17, 15) is 4.79 Å². The fourth-order valence-corrected chi connectivity index (χ4v) is 3.92. The van der Waals surface area contributed by atoms with Gasteiger partial charge in [-0.15, -0.1) is 11.8 Å². The van der Waals surface area contributed by atoms with Gasteiger partial charge in [0.2, 0.25) is 11.8 Å². The summed E-state index contributed by atoms with van der Waals surface area (Å²) in [5.41, 5.74) is 0.936. The Labute approximate surface area is 163 Å². The molecule has 1 aliphatic rings. The summed E-state index contributed by atoms with van der Waals surface area (Å²) in [5, 5.41) is 3.96. The number of nitrogens with one attached hydrogen (secondary N) is 1. The molecule has 0 bridgehead atoms. The third kappa shape index (κ3) is 4.42. The van der Waals surface area contributed by atoms with Gasteiger partial charge in [0.15, 0.2) is 5.76 Å². The molecule has 0 radical (unpaired) electrons. The van der Waals surface area contributed by atoms with Gasteiger partial charge in [-0.25, -0.2) is 4.98 Å². The highest BCUT2D eigenvalue weighted by atomic mass is 35.5. The first-order valence-electron chi connectivity index (χ1n) is 8.82. The maximum absolute atomic E-state index is 12.7. The average Bonchev–Trinajstić information content (AvgIpc) is 3.11. The minimum Gasteiger partial charge on any atom is -0.440 e. The zero-order valence-corrected chi connectivity index (χ0v) is 16.8. The summed E-state index contributed by atoms with van der Waals surface area (Å²) in [7, 11) is 0. The number of carbonyl (C=O) groups excluding carboxylic acids is 1. The molecular formula is C19H24ClN3O2S. The van der Waals surface area contributed by atoms with Gasteiger partial charge in [-0.05, 0) is 45.0 Å². The first kappa shape index (κ1) is 19.3. The van der Waals surface area contributed by atoms with Crippen molar-refractivity contribution in [3.05, 3.63) is 41.4 Å². The van der Waals surface area contributed by atoms with Crippen LogP contribution in [0.5, 0.6) is 0 Å². The molecule has 1 aromatic carbocycles. The topological polar surface area (TPSA) is 58.4 Å². The summed E-state index contributed by atoms with van der Waals surface area (Å²) in [4.78, 5) is 19.1. The number of thioether (sulfide) groups is 1. The minimum absolute atomic E-state index is 0.131. The van der Waals surface area contributed by atoms with Gasteiger partial charge < -0.3 is 14.6 Å². The van der Waals surface area contributed by atoms with E-state index in [2.05, 4.69) is 24.1 Å². The molecule has 1 N–H and O–H groups in total. The molecule has 1 amide bonds. The molecule has 2 aromatic rings. The van der Waals surface area contributed by atoms with E-state index in [1.807, 2.05) is 36.1 Å². The Kier molecular flexibility index (Phi) is 6.27. The van der Waals surface area contributed by atoms with E-state index in [0.29, 0.717) is 28.5 Å². The number of rotatable bonds is 5. The lowest BCUT2D eigenvalue weighted by Crippen LogP contribution is -2.58. The van der Waals surface area contributed by atoms with Gasteiger partial charge in [-0.2, -0.15) is 0 Å². The standard InChI is InChI=1S/C19H24ClN3O2S/c1-12-13(2)23(9-8-21-12)19(24)14(3)26-11-18-22-10-17(25-18)15-4-6-16(20)7-5-15/h4-7,10,12-14,21H,8-9,11H2,1-3H3. The van der Waals surface area contributed by atoms with E-state index in [1.54, 1.807) is 18.0 Å². The molecule has 140 valence electrons. The van der Waals surface area contributed by atoms with Crippen LogP contribution in [0, 0.1) is 0 Å². The molecule has 26 heavy (non-hydrogen) atoms. The summed E-state index contributed by atoms with van der Waals surface area (Å²) in [6.07, 6.45) is 1.71. The number of oxazole rings is 1. The van der Waals surface area contributed by atoms with Gasteiger partial charge in [-0.3, -0.25) is 4.79 Å². The number of halogens is 1. The number of benzene rings is 1. The number of aromatic nitrogens is 1.